The van der Waals surface area contributed by atoms with E-state index in [4.69, 9.17) is 35.6 Å². The SMILES string of the molecule is [B]C([B])(NC(=O)c1nc(N)nc2c(F)cccc12)c1cccc(Oc2ccc(OCCOC)cc2)n1. The van der Waals surface area contributed by atoms with Crippen molar-refractivity contribution < 1.29 is 23.4 Å². The van der Waals surface area contributed by atoms with Gasteiger partial charge in [-0.15, -0.1) is 0 Å². The first kappa shape index (κ1) is 24.9. The summed E-state index contributed by atoms with van der Waals surface area (Å²) in [5.74, 6) is -0.378. The highest BCUT2D eigenvalue weighted by Crippen LogP contribution is 2.25. The van der Waals surface area contributed by atoms with E-state index in [1.165, 1.54) is 24.3 Å². The average Bonchev–Trinajstić information content (AvgIpc) is 2.85. The highest BCUT2D eigenvalue weighted by atomic mass is 19.1. The topological polar surface area (TPSA) is 121 Å². The number of methoxy groups -OCH3 is 1. The number of hydrogen-bond donors (Lipinski definition) is 2. The quantitative estimate of drug-likeness (QED) is 0.275. The molecule has 0 saturated carbocycles. The number of pyridine rings is 1. The van der Waals surface area contributed by atoms with Gasteiger partial charge in [-0.3, -0.25) is 4.79 Å². The number of carbonyl (C=O) groups excluding carboxylic acids is 1. The normalized spacial score (nSPS) is 11.3. The Labute approximate surface area is 209 Å². The van der Waals surface area contributed by atoms with Crippen LogP contribution in [0.2, 0.25) is 0 Å². The molecule has 0 spiro atoms. The number of rotatable bonds is 9. The Kier molecular flexibility index (Phi) is 7.35. The third-order valence-corrected chi connectivity index (χ3v) is 4.98. The number of nitrogen functional groups attached to an aromatic ring is 1. The number of nitrogens with zero attached hydrogens (tertiary/aromatic N) is 3. The number of halogens is 1. The third-order valence-electron chi connectivity index (χ3n) is 4.98. The molecule has 9 nitrogen and oxygen atoms in total. The van der Waals surface area contributed by atoms with Gasteiger partial charge in [-0.2, -0.15) is 0 Å². The molecule has 0 bridgehead atoms. The zero-order chi connectivity index (χ0) is 25.7. The van der Waals surface area contributed by atoms with Gasteiger partial charge in [-0.1, -0.05) is 18.2 Å². The van der Waals surface area contributed by atoms with Crippen molar-refractivity contribution in [3.63, 3.8) is 0 Å². The zero-order valence-electron chi connectivity index (χ0n) is 19.3. The van der Waals surface area contributed by atoms with Gasteiger partial charge in [0.1, 0.15) is 35.1 Å². The van der Waals surface area contributed by atoms with Crippen molar-refractivity contribution in [2.45, 2.75) is 5.34 Å². The molecular weight excluding hydrogens is 463 g/mol. The maximum atomic E-state index is 14.2. The van der Waals surface area contributed by atoms with Crippen molar-refractivity contribution in [2.75, 3.05) is 26.1 Å². The van der Waals surface area contributed by atoms with Crippen LogP contribution in [0.3, 0.4) is 0 Å². The van der Waals surface area contributed by atoms with E-state index in [-0.39, 0.29) is 34.1 Å². The lowest BCUT2D eigenvalue weighted by atomic mass is 9.59. The lowest BCUT2D eigenvalue weighted by molar-refractivity contribution is 0.0938. The van der Waals surface area contributed by atoms with Gasteiger partial charge in [0.25, 0.3) is 5.91 Å². The molecule has 0 atom stereocenters. The van der Waals surface area contributed by atoms with E-state index < -0.39 is 17.1 Å². The fourth-order valence-corrected chi connectivity index (χ4v) is 3.29. The maximum absolute atomic E-state index is 14.2. The van der Waals surface area contributed by atoms with Crippen molar-refractivity contribution in [3.8, 4) is 17.4 Å². The summed E-state index contributed by atoms with van der Waals surface area (Å²) < 4.78 is 30.4. The molecule has 0 aliphatic rings. The molecule has 0 fully saturated rings. The minimum atomic E-state index is -1.92. The summed E-state index contributed by atoms with van der Waals surface area (Å²) in [6.07, 6.45) is 0. The van der Waals surface area contributed by atoms with Crippen LogP contribution in [-0.4, -0.2) is 56.9 Å². The van der Waals surface area contributed by atoms with Crippen LogP contribution in [0.25, 0.3) is 10.9 Å². The number of carbonyl (C=O) groups is 1. The van der Waals surface area contributed by atoms with Crippen molar-refractivity contribution >= 4 is 38.5 Å². The second-order valence-corrected chi connectivity index (χ2v) is 7.67. The fourth-order valence-electron chi connectivity index (χ4n) is 3.29. The number of amides is 1. The van der Waals surface area contributed by atoms with E-state index in [9.17, 15) is 9.18 Å². The van der Waals surface area contributed by atoms with Crippen LogP contribution < -0.4 is 20.5 Å². The van der Waals surface area contributed by atoms with E-state index in [2.05, 4.69) is 20.3 Å². The number of fused-ring (bicyclic) bond motifs is 1. The molecule has 4 aromatic rings. The van der Waals surface area contributed by atoms with Gasteiger partial charge >= 0.3 is 0 Å². The van der Waals surface area contributed by atoms with Gasteiger partial charge in [-0.25, -0.2) is 19.3 Å². The van der Waals surface area contributed by atoms with Crippen LogP contribution in [0.15, 0.2) is 60.7 Å². The van der Waals surface area contributed by atoms with E-state index in [1.54, 1.807) is 43.5 Å². The molecule has 1 amide bonds. The smallest absolute Gasteiger partial charge is 0.270 e. The Balaban J connectivity index is 1.51. The Morgan fingerprint density at radius 1 is 1.00 bits per heavy atom. The summed E-state index contributed by atoms with van der Waals surface area (Å²) in [5.41, 5.74) is 5.49. The lowest BCUT2D eigenvalue weighted by Gasteiger charge is -2.27. The molecule has 178 valence electrons. The van der Waals surface area contributed by atoms with E-state index in [1.807, 2.05) is 0 Å². The highest BCUT2D eigenvalue weighted by molar-refractivity contribution is 6.40. The van der Waals surface area contributed by atoms with Gasteiger partial charge in [0.15, 0.2) is 0 Å². The first-order valence-corrected chi connectivity index (χ1v) is 10.8. The molecule has 0 saturated heterocycles. The summed E-state index contributed by atoms with van der Waals surface area (Å²) >= 11 is 0. The third kappa shape index (κ3) is 5.72. The van der Waals surface area contributed by atoms with E-state index >= 15 is 0 Å². The molecule has 0 aliphatic carbocycles. The molecule has 2 aromatic carbocycles. The molecular formula is C24H20B2FN5O4. The standard InChI is InChI=1S/C24H20B2FN5O4/c1-34-12-13-35-14-8-10-15(11-9-14)36-19-7-3-6-18(29-19)24(25,26)32-22(33)21-16-4-2-5-17(27)20(16)30-23(28)31-21/h2-11H,12-13H2,1H3,(H,32,33)(H2,28,30,31). The lowest BCUT2D eigenvalue weighted by Crippen LogP contribution is -2.48. The predicted octanol–water partition coefficient (Wildman–Crippen LogP) is 2.44. The maximum Gasteiger partial charge on any atom is 0.270 e. The summed E-state index contributed by atoms with van der Waals surface area (Å²) in [4.78, 5) is 25.1. The summed E-state index contributed by atoms with van der Waals surface area (Å²) in [6.45, 7) is 0.899. The largest absolute Gasteiger partial charge is 0.491 e. The van der Waals surface area contributed by atoms with Crippen LogP contribution in [0.5, 0.6) is 17.4 Å². The Bertz CT molecular complexity index is 1390. The van der Waals surface area contributed by atoms with Crippen molar-refractivity contribution in [1.82, 2.24) is 20.3 Å². The van der Waals surface area contributed by atoms with Crippen molar-refractivity contribution in [2.24, 2.45) is 0 Å². The molecule has 12 heteroatoms. The minimum absolute atomic E-state index is 0.0987. The van der Waals surface area contributed by atoms with Gasteiger partial charge in [0, 0.05) is 23.9 Å². The van der Waals surface area contributed by atoms with E-state index in [0.717, 1.165) is 0 Å². The molecule has 2 aromatic heterocycles. The van der Waals surface area contributed by atoms with Crippen LogP contribution in [0, 0.1) is 5.82 Å². The monoisotopic (exact) mass is 483 g/mol. The highest BCUT2D eigenvalue weighted by Gasteiger charge is 2.27. The zero-order valence-corrected chi connectivity index (χ0v) is 19.3. The number of benzene rings is 2. The fraction of sp³-hybridized carbons (Fsp3) is 0.167. The summed E-state index contributed by atoms with van der Waals surface area (Å²) in [6, 6.07) is 15.8. The van der Waals surface area contributed by atoms with E-state index in [0.29, 0.717) is 24.7 Å². The van der Waals surface area contributed by atoms with Crippen LogP contribution >= 0.6 is 0 Å². The van der Waals surface area contributed by atoms with Gasteiger partial charge < -0.3 is 25.3 Å². The van der Waals surface area contributed by atoms with Gasteiger partial charge in [0.05, 0.1) is 28.0 Å². The molecule has 0 aliphatic heterocycles. The molecule has 4 radical (unpaired) electrons. The first-order chi connectivity index (χ1) is 17.3. The second-order valence-electron chi connectivity index (χ2n) is 7.67. The average molecular weight is 483 g/mol. The van der Waals surface area contributed by atoms with Crippen molar-refractivity contribution in [3.05, 3.63) is 77.9 Å². The van der Waals surface area contributed by atoms with Gasteiger partial charge in [-0.05, 0) is 36.4 Å². The molecule has 4 rings (SSSR count). The Hall–Kier alpha value is -4.18. The minimum Gasteiger partial charge on any atom is -0.491 e. The predicted molar refractivity (Wildman–Crippen MR) is 133 cm³/mol. The number of ether oxygens (including phenoxy) is 3. The molecule has 36 heavy (non-hydrogen) atoms. The molecule has 3 N–H and O–H groups in total. The van der Waals surface area contributed by atoms with Crippen molar-refractivity contribution in [1.29, 1.82) is 0 Å². The number of hydrogen-bond acceptors (Lipinski definition) is 8. The Morgan fingerprint density at radius 3 is 2.47 bits per heavy atom. The summed E-state index contributed by atoms with van der Waals surface area (Å²) in [5, 5.41) is 0.683. The number of aromatic nitrogens is 3. The van der Waals surface area contributed by atoms with Gasteiger partial charge in [0.2, 0.25) is 11.8 Å². The molecule has 2 heterocycles. The number of para-hydroxylation sites is 1. The first-order valence-electron chi connectivity index (χ1n) is 10.8. The number of nitrogens with two attached hydrogens (primary N) is 1. The van der Waals surface area contributed by atoms with Crippen LogP contribution in [-0.2, 0) is 10.1 Å². The van der Waals surface area contributed by atoms with Crippen LogP contribution in [0.4, 0.5) is 10.3 Å². The number of nitrogens with one attached hydrogen (secondary N) is 1. The molecule has 0 unspecified atom stereocenters. The number of anilines is 1. The second kappa shape index (κ2) is 10.6. The summed E-state index contributed by atoms with van der Waals surface area (Å²) in [7, 11) is 14.0. The van der Waals surface area contributed by atoms with Crippen LogP contribution in [0.1, 0.15) is 16.2 Å². The Morgan fingerprint density at radius 2 is 1.72 bits per heavy atom.